The Hall–Kier alpha value is 0.210. The second-order valence-electron chi connectivity index (χ2n) is 3.21. The number of nitrogens with one attached hydrogen (secondary N) is 1. The Balaban J connectivity index is 0.000001000. The monoisotopic (exact) mass is 179 g/mol. The van der Waals surface area contributed by atoms with Crippen molar-refractivity contribution in [3.05, 3.63) is 0 Å². The second kappa shape index (κ2) is 5.81. The topological polar surface area (TPSA) is 32.3 Å². The molecule has 1 rings (SSSR count). The van der Waals surface area contributed by atoms with Crippen LogP contribution >= 0.6 is 12.4 Å². The summed E-state index contributed by atoms with van der Waals surface area (Å²) < 4.78 is 0. The molecule has 0 unspecified atom stereocenters. The molecule has 0 aliphatic carbocycles. The average Bonchev–Trinajstić information content (AvgIpc) is 1.88. The van der Waals surface area contributed by atoms with Gasteiger partial charge >= 0.3 is 0 Å². The van der Waals surface area contributed by atoms with Crippen molar-refractivity contribution in [1.82, 2.24) is 5.32 Å². The number of rotatable bonds is 2. The van der Waals surface area contributed by atoms with Gasteiger partial charge in [0, 0.05) is 18.7 Å². The van der Waals surface area contributed by atoms with Gasteiger partial charge in [0.25, 0.3) is 0 Å². The molecule has 0 amide bonds. The Morgan fingerprint density at radius 2 is 2.18 bits per heavy atom. The fraction of sp³-hybridized carbons (Fsp3) is 1.00. The van der Waals surface area contributed by atoms with Crippen LogP contribution in [0.2, 0.25) is 0 Å². The first-order valence-corrected chi connectivity index (χ1v) is 4.20. The number of halogens is 1. The lowest BCUT2D eigenvalue weighted by atomic mass is 9.98. The van der Waals surface area contributed by atoms with Crippen molar-refractivity contribution < 1.29 is 5.11 Å². The van der Waals surface area contributed by atoms with Crippen LogP contribution in [-0.4, -0.2) is 23.8 Å². The van der Waals surface area contributed by atoms with Crippen LogP contribution in [0.3, 0.4) is 0 Å². The highest BCUT2D eigenvalue weighted by atomic mass is 35.5. The van der Waals surface area contributed by atoms with Crippen molar-refractivity contribution in [2.75, 3.05) is 6.61 Å². The van der Waals surface area contributed by atoms with Gasteiger partial charge in [0.1, 0.15) is 0 Å². The van der Waals surface area contributed by atoms with Gasteiger partial charge in [-0.05, 0) is 26.2 Å². The number of aliphatic hydroxyl groups excluding tert-OH is 1. The molecule has 0 aromatic heterocycles. The summed E-state index contributed by atoms with van der Waals surface area (Å²) in [5.41, 5.74) is 0. The summed E-state index contributed by atoms with van der Waals surface area (Å²) in [4.78, 5) is 0. The molecule has 0 aromatic carbocycles. The third kappa shape index (κ3) is 3.94. The van der Waals surface area contributed by atoms with Crippen LogP contribution in [0.25, 0.3) is 0 Å². The Kier molecular flexibility index (Phi) is 5.92. The molecule has 2 N–H and O–H groups in total. The number of hydrogen-bond acceptors (Lipinski definition) is 2. The molecule has 1 aliphatic heterocycles. The summed E-state index contributed by atoms with van der Waals surface area (Å²) in [5, 5.41) is 12.1. The Bertz CT molecular complexity index is 98.1. The van der Waals surface area contributed by atoms with Gasteiger partial charge in [0.15, 0.2) is 0 Å². The van der Waals surface area contributed by atoms with Crippen LogP contribution in [0.4, 0.5) is 0 Å². The molecular weight excluding hydrogens is 162 g/mol. The van der Waals surface area contributed by atoms with E-state index in [-0.39, 0.29) is 12.4 Å². The lowest BCUT2D eigenvalue weighted by Gasteiger charge is -2.28. The van der Waals surface area contributed by atoms with E-state index in [9.17, 15) is 0 Å². The lowest BCUT2D eigenvalue weighted by Crippen LogP contribution is -2.40. The van der Waals surface area contributed by atoms with E-state index in [0.29, 0.717) is 18.7 Å². The van der Waals surface area contributed by atoms with Crippen molar-refractivity contribution in [2.45, 2.75) is 44.7 Å². The first-order chi connectivity index (χ1) is 4.83. The standard InChI is InChI=1S/C8H17NO.ClH/c1-7-3-2-4-8(9-7)5-6-10;/h7-10H,2-6H2,1H3;1H/t7-,8-;/m1./s1. The predicted molar refractivity (Wildman–Crippen MR) is 49.2 cm³/mol. The molecule has 3 heteroatoms. The Morgan fingerprint density at radius 3 is 2.73 bits per heavy atom. The highest BCUT2D eigenvalue weighted by Crippen LogP contribution is 2.13. The summed E-state index contributed by atoms with van der Waals surface area (Å²) in [6.45, 7) is 2.54. The molecule has 68 valence electrons. The van der Waals surface area contributed by atoms with Gasteiger partial charge in [-0.3, -0.25) is 0 Å². The van der Waals surface area contributed by atoms with Crippen LogP contribution in [0.15, 0.2) is 0 Å². The third-order valence-corrected chi connectivity index (χ3v) is 2.19. The van der Waals surface area contributed by atoms with Crippen LogP contribution in [0.1, 0.15) is 32.6 Å². The van der Waals surface area contributed by atoms with E-state index in [4.69, 9.17) is 5.11 Å². The van der Waals surface area contributed by atoms with Gasteiger partial charge in [0.2, 0.25) is 0 Å². The number of aliphatic hydroxyl groups is 1. The SMILES string of the molecule is C[C@@H]1CCC[C@H](CCO)N1.Cl. The minimum absolute atomic E-state index is 0. The Labute approximate surface area is 74.8 Å². The van der Waals surface area contributed by atoms with Crippen molar-refractivity contribution in [2.24, 2.45) is 0 Å². The van der Waals surface area contributed by atoms with Crippen molar-refractivity contribution in [3.63, 3.8) is 0 Å². The maximum absolute atomic E-state index is 8.66. The van der Waals surface area contributed by atoms with E-state index >= 15 is 0 Å². The van der Waals surface area contributed by atoms with Crippen LogP contribution in [0.5, 0.6) is 0 Å². The lowest BCUT2D eigenvalue weighted by molar-refractivity contribution is 0.235. The van der Waals surface area contributed by atoms with E-state index in [1.807, 2.05) is 0 Å². The molecule has 0 radical (unpaired) electrons. The Morgan fingerprint density at radius 1 is 1.45 bits per heavy atom. The first kappa shape index (κ1) is 11.2. The third-order valence-electron chi connectivity index (χ3n) is 2.19. The molecule has 11 heavy (non-hydrogen) atoms. The van der Waals surface area contributed by atoms with Crippen molar-refractivity contribution in [1.29, 1.82) is 0 Å². The zero-order valence-electron chi connectivity index (χ0n) is 7.05. The normalized spacial score (nSPS) is 31.1. The molecule has 2 nitrogen and oxygen atoms in total. The second-order valence-corrected chi connectivity index (χ2v) is 3.21. The summed E-state index contributed by atoms with van der Waals surface area (Å²) in [6, 6.07) is 1.24. The highest BCUT2D eigenvalue weighted by Gasteiger charge is 2.16. The summed E-state index contributed by atoms with van der Waals surface area (Å²) in [6.07, 6.45) is 4.77. The van der Waals surface area contributed by atoms with Gasteiger partial charge in [-0.25, -0.2) is 0 Å². The molecular formula is C8H18ClNO. The van der Waals surface area contributed by atoms with E-state index in [1.165, 1.54) is 19.3 Å². The number of piperidine rings is 1. The van der Waals surface area contributed by atoms with Crippen LogP contribution in [-0.2, 0) is 0 Å². The molecule has 1 fully saturated rings. The molecule has 0 saturated carbocycles. The zero-order chi connectivity index (χ0) is 7.40. The van der Waals surface area contributed by atoms with Crippen molar-refractivity contribution >= 4 is 12.4 Å². The number of hydrogen-bond donors (Lipinski definition) is 2. The van der Waals surface area contributed by atoms with E-state index in [2.05, 4.69) is 12.2 Å². The van der Waals surface area contributed by atoms with E-state index in [0.717, 1.165) is 6.42 Å². The highest BCUT2D eigenvalue weighted by molar-refractivity contribution is 5.85. The smallest absolute Gasteiger partial charge is 0.0445 e. The minimum Gasteiger partial charge on any atom is -0.396 e. The van der Waals surface area contributed by atoms with Gasteiger partial charge in [0.05, 0.1) is 0 Å². The maximum atomic E-state index is 8.66. The largest absolute Gasteiger partial charge is 0.396 e. The molecule has 1 aliphatic rings. The van der Waals surface area contributed by atoms with Crippen LogP contribution < -0.4 is 5.32 Å². The van der Waals surface area contributed by atoms with Gasteiger partial charge in [-0.15, -0.1) is 12.4 Å². The average molecular weight is 180 g/mol. The minimum atomic E-state index is 0. The van der Waals surface area contributed by atoms with E-state index < -0.39 is 0 Å². The molecule has 2 atom stereocenters. The van der Waals surface area contributed by atoms with Crippen molar-refractivity contribution in [3.8, 4) is 0 Å². The quantitative estimate of drug-likeness (QED) is 0.671. The maximum Gasteiger partial charge on any atom is 0.0445 e. The molecule has 1 saturated heterocycles. The van der Waals surface area contributed by atoms with Gasteiger partial charge in [-0.1, -0.05) is 6.42 Å². The summed E-state index contributed by atoms with van der Waals surface area (Å²) in [5.74, 6) is 0. The van der Waals surface area contributed by atoms with Gasteiger partial charge in [-0.2, -0.15) is 0 Å². The molecule has 1 heterocycles. The summed E-state index contributed by atoms with van der Waals surface area (Å²) >= 11 is 0. The van der Waals surface area contributed by atoms with E-state index in [1.54, 1.807) is 0 Å². The molecule has 0 bridgehead atoms. The first-order valence-electron chi connectivity index (χ1n) is 4.20. The fourth-order valence-electron chi connectivity index (χ4n) is 1.62. The molecule has 0 aromatic rings. The molecule has 0 spiro atoms. The summed E-state index contributed by atoms with van der Waals surface area (Å²) in [7, 11) is 0. The van der Waals surface area contributed by atoms with Gasteiger partial charge < -0.3 is 10.4 Å². The zero-order valence-corrected chi connectivity index (χ0v) is 7.86. The fourth-order valence-corrected chi connectivity index (χ4v) is 1.62. The predicted octanol–water partition coefficient (Wildman–Crippen LogP) is 1.32. The van der Waals surface area contributed by atoms with Crippen LogP contribution in [0, 0.1) is 0 Å².